The van der Waals surface area contributed by atoms with Crippen molar-refractivity contribution in [2.45, 2.75) is 125 Å². The van der Waals surface area contributed by atoms with Gasteiger partial charge in [0.1, 0.15) is 0 Å². The standard InChI is InChI=1S/C13H25OSi.3C4H9.Sn/c1-7-10-11-12(8-2)13(9-3)14-15(4,5)6;3*1-3-4-2;/h3,8-9,12-13H,2,7,10-11H2,1,4-6H3;3*1,3-4H2,2H3;. The van der Waals surface area contributed by atoms with E-state index < -0.39 is 26.7 Å². The molecule has 0 aromatic rings. The summed E-state index contributed by atoms with van der Waals surface area (Å²) in [4.78, 5) is 0. The van der Waals surface area contributed by atoms with Gasteiger partial charge >= 0.3 is 184 Å². The van der Waals surface area contributed by atoms with Crippen LogP contribution in [0.1, 0.15) is 85.5 Å². The van der Waals surface area contributed by atoms with Crippen LogP contribution in [0, 0.1) is 5.92 Å². The van der Waals surface area contributed by atoms with Gasteiger partial charge in [0.2, 0.25) is 0 Å². The molecule has 0 rings (SSSR count). The predicted octanol–water partition coefficient (Wildman–Crippen LogP) is 9.14. The molecule has 0 amide bonds. The number of unbranched alkanes of at least 4 members (excludes halogenated alkanes) is 4. The maximum atomic E-state index is 6.71. The van der Waals surface area contributed by atoms with E-state index in [-0.39, 0.29) is 6.10 Å². The molecule has 0 aromatic heterocycles. The summed E-state index contributed by atoms with van der Waals surface area (Å²) in [6.07, 6.45) is 17.0. The summed E-state index contributed by atoms with van der Waals surface area (Å²) < 4.78 is 14.1. The fourth-order valence-corrected chi connectivity index (χ4v) is 19.4. The first-order chi connectivity index (χ1) is 13.3. The van der Waals surface area contributed by atoms with Crippen LogP contribution in [-0.2, 0) is 4.43 Å². The van der Waals surface area contributed by atoms with Crippen molar-refractivity contribution in [2.24, 2.45) is 5.92 Å². The molecule has 0 saturated heterocycles. The number of hydrogen-bond donors (Lipinski definition) is 0. The third-order valence-corrected chi connectivity index (χ3v) is 20.9. The third kappa shape index (κ3) is 12.9. The van der Waals surface area contributed by atoms with E-state index in [0.717, 1.165) is 0 Å². The minimum atomic E-state index is -2.25. The molecular formula is C25H52OSiSn. The van der Waals surface area contributed by atoms with Crippen LogP contribution in [-0.4, -0.2) is 32.8 Å². The minimum absolute atomic E-state index is 0.247. The molecular weight excluding hydrogens is 463 g/mol. The molecule has 28 heavy (non-hydrogen) atoms. The van der Waals surface area contributed by atoms with E-state index in [1.807, 2.05) is 0 Å². The molecule has 0 bridgehead atoms. The second kappa shape index (κ2) is 16.2. The van der Waals surface area contributed by atoms with E-state index in [9.17, 15) is 0 Å². The van der Waals surface area contributed by atoms with Crippen LogP contribution in [0.15, 0.2) is 22.8 Å². The van der Waals surface area contributed by atoms with E-state index in [2.05, 4.69) is 70.2 Å². The zero-order valence-electron chi connectivity index (χ0n) is 20.5. The summed E-state index contributed by atoms with van der Waals surface area (Å²) in [5.74, 6) is 0.468. The van der Waals surface area contributed by atoms with Crippen LogP contribution < -0.4 is 0 Å². The molecule has 0 aliphatic heterocycles. The number of rotatable bonds is 18. The topological polar surface area (TPSA) is 9.23 Å². The van der Waals surface area contributed by atoms with Crippen LogP contribution in [0.2, 0.25) is 33.0 Å². The summed E-state index contributed by atoms with van der Waals surface area (Å²) in [6, 6.07) is 0. The Kier molecular flexibility index (Phi) is 16.4. The number of hydrogen-bond acceptors (Lipinski definition) is 1. The van der Waals surface area contributed by atoms with E-state index in [1.165, 1.54) is 71.1 Å². The first kappa shape index (κ1) is 28.5. The Morgan fingerprint density at radius 1 is 0.821 bits per heavy atom. The summed E-state index contributed by atoms with van der Waals surface area (Å²) >= 11 is -2.25. The van der Waals surface area contributed by atoms with Crippen LogP contribution in [0.5, 0.6) is 0 Å². The fraction of sp³-hybridized carbons (Fsp3) is 0.840. The van der Waals surface area contributed by atoms with E-state index in [1.54, 1.807) is 0 Å². The normalized spacial score (nSPS) is 15.1. The Bertz CT molecular complexity index is 391. The zero-order chi connectivity index (χ0) is 21.5. The second-order valence-electron chi connectivity index (χ2n) is 9.77. The molecule has 0 aromatic carbocycles. The average molecular weight is 515 g/mol. The maximum absolute atomic E-state index is 6.71. The van der Waals surface area contributed by atoms with Gasteiger partial charge in [-0.05, 0) is 0 Å². The van der Waals surface area contributed by atoms with Crippen LogP contribution in [0.3, 0.4) is 0 Å². The molecule has 0 radical (unpaired) electrons. The molecule has 1 nitrogen and oxygen atoms in total. The third-order valence-electron chi connectivity index (χ3n) is 5.83. The second-order valence-corrected chi connectivity index (χ2v) is 27.2. The Labute approximate surface area is 183 Å². The summed E-state index contributed by atoms with van der Waals surface area (Å²) in [5.41, 5.74) is 0. The van der Waals surface area contributed by atoms with Gasteiger partial charge in [-0.15, -0.1) is 0 Å². The first-order valence-corrected chi connectivity index (χ1v) is 23.4. The summed E-state index contributed by atoms with van der Waals surface area (Å²) in [6.45, 7) is 20.5. The van der Waals surface area contributed by atoms with Gasteiger partial charge in [0, 0.05) is 0 Å². The van der Waals surface area contributed by atoms with Gasteiger partial charge < -0.3 is 0 Å². The van der Waals surface area contributed by atoms with Crippen molar-refractivity contribution >= 4 is 26.7 Å². The Morgan fingerprint density at radius 2 is 1.29 bits per heavy atom. The van der Waals surface area contributed by atoms with Crippen molar-refractivity contribution in [1.82, 2.24) is 0 Å². The van der Waals surface area contributed by atoms with Crippen LogP contribution in [0.4, 0.5) is 0 Å². The van der Waals surface area contributed by atoms with Gasteiger partial charge in [-0.25, -0.2) is 0 Å². The zero-order valence-corrected chi connectivity index (χ0v) is 24.3. The molecule has 0 fully saturated rings. The van der Waals surface area contributed by atoms with Crippen molar-refractivity contribution in [3.05, 3.63) is 22.8 Å². The van der Waals surface area contributed by atoms with Crippen molar-refractivity contribution < 1.29 is 4.43 Å². The van der Waals surface area contributed by atoms with E-state index in [4.69, 9.17) is 4.43 Å². The molecule has 3 heteroatoms. The molecule has 0 heterocycles. The van der Waals surface area contributed by atoms with Gasteiger partial charge in [0.05, 0.1) is 0 Å². The van der Waals surface area contributed by atoms with Crippen molar-refractivity contribution in [2.75, 3.05) is 0 Å². The summed E-state index contributed by atoms with van der Waals surface area (Å²) in [7, 11) is -1.59. The first-order valence-electron chi connectivity index (χ1n) is 12.3. The average Bonchev–Trinajstić information content (AvgIpc) is 2.66. The molecule has 0 N–H and O–H groups in total. The molecule has 0 spiro atoms. The SMILES string of the molecule is C=CC(CCCC)C(/C=[CH]/[Sn]([CH2]CCC)([CH2]CCC)[CH2]CCC)O[Si](C)(C)C. The van der Waals surface area contributed by atoms with E-state index >= 15 is 0 Å². The van der Waals surface area contributed by atoms with Gasteiger partial charge in [0.15, 0.2) is 0 Å². The van der Waals surface area contributed by atoms with Gasteiger partial charge in [0.25, 0.3) is 0 Å². The van der Waals surface area contributed by atoms with Gasteiger partial charge in [-0.1, -0.05) is 0 Å². The van der Waals surface area contributed by atoms with Crippen molar-refractivity contribution in [1.29, 1.82) is 0 Å². The van der Waals surface area contributed by atoms with Gasteiger partial charge in [-0.2, -0.15) is 0 Å². The molecule has 166 valence electrons. The van der Waals surface area contributed by atoms with Crippen LogP contribution in [0.25, 0.3) is 0 Å². The Hall–Kier alpha value is 0.456. The molecule has 0 saturated carbocycles. The van der Waals surface area contributed by atoms with Gasteiger partial charge in [-0.3, -0.25) is 0 Å². The van der Waals surface area contributed by atoms with Crippen molar-refractivity contribution in [3.8, 4) is 0 Å². The molecule has 2 unspecified atom stereocenters. The van der Waals surface area contributed by atoms with E-state index in [0.29, 0.717) is 5.92 Å². The molecule has 2 atom stereocenters. The monoisotopic (exact) mass is 516 g/mol. The Morgan fingerprint density at radius 3 is 1.64 bits per heavy atom. The van der Waals surface area contributed by atoms with Crippen LogP contribution >= 0.6 is 0 Å². The Balaban J connectivity index is 5.68. The molecule has 0 aliphatic rings. The van der Waals surface area contributed by atoms with Crippen molar-refractivity contribution in [3.63, 3.8) is 0 Å². The predicted molar refractivity (Wildman–Crippen MR) is 135 cm³/mol. The quantitative estimate of drug-likeness (QED) is 0.131. The molecule has 0 aliphatic carbocycles. The summed E-state index contributed by atoms with van der Waals surface area (Å²) in [5, 5.41) is 0. The fourth-order valence-electron chi connectivity index (χ4n) is 4.04.